The Labute approximate surface area is 187 Å². The Hall–Kier alpha value is -3.58. The second-order valence-electron chi connectivity index (χ2n) is 7.07. The highest BCUT2D eigenvalue weighted by molar-refractivity contribution is 6.33. The number of hydrogen-bond acceptors (Lipinski definition) is 3. The van der Waals surface area contributed by atoms with Gasteiger partial charge in [-0.05, 0) is 42.0 Å². The smallest absolute Gasteiger partial charge is 0.369 e. The zero-order chi connectivity index (χ0) is 22.7. The maximum absolute atomic E-state index is 13.3. The Morgan fingerprint density at radius 1 is 0.906 bits per heavy atom. The fraction of sp³-hybridized carbons (Fsp3) is 0.0833. The number of fused-ring (bicyclic) bond motifs is 1. The molecule has 0 aliphatic rings. The molecule has 0 bridgehead atoms. The van der Waals surface area contributed by atoms with E-state index < -0.39 is 23.7 Å². The van der Waals surface area contributed by atoms with Crippen LogP contribution in [0, 0.1) is 0 Å². The van der Waals surface area contributed by atoms with Crippen LogP contribution in [0.1, 0.15) is 17.2 Å². The van der Waals surface area contributed by atoms with Gasteiger partial charge in [0.15, 0.2) is 0 Å². The summed E-state index contributed by atoms with van der Waals surface area (Å²) in [4.78, 5) is 17.4. The standard InChI is InChI=1S/C24H17ClF3N3O/c25-19-5-1-2-6-21(19)30-22(15-8-10-17(11-9-15)24(26,27)28)23(32)31-20-7-3-4-16-14-29-13-12-18(16)20/h1-14,22,30H,(H,31,32). The van der Waals surface area contributed by atoms with Crippen LogP contribution in [0.3, 0.4) is 0 Å². The van der Waals surface area contributed by atoms with Crippen molar-refractivity contribution in [2.75, 3.05) is 10.6 Å². The quantitative estimate of drug-likeness (QED) is 0.352. The molecule has 32 heavy (non-hydrogen) atoms. The number of carbonyl (C=O) groups is 1. The van der Waals surface area contributed by atoms with Crippen LogP contribution < -0.4 is 10.6 Å². The van der Waals surface area contributed by atoms with Gasteiger partial charge >= 0.3 is 6.18 Å². The van der Waals surface area contributed by atoms with Crippen LogP contribution in [-0.4, -0.2) is 10.9 Å². The summed E-state index contributed by atoms with van der Waals surface area (Å²) in [7, 11) is 0. The van der Waals surface area contributed by atoms with Gasteiger partial charge in [-0.3, -0.25) is 9.78 Å². The summed E-state index contributed by atoms with van der Waals surface area (Å²) in [5.41, 5.74) is 0.612. The van der Waals surface area contributed by atoms with Crippen LogP contribution in [0.2, 0.25) is 5.02 Å². The minimum atomic E-state index is -4.47. The van der Waals surface area contributed by atoms with Gasteiger partial charge < -0.3 is 10.6 Å². The average Bonchev–Trinajstić information content (AvgIpc) is 2.78. The van der Waals surface area contributed by atoms with Gasteiger partial charge in [-0.25, -0.2) is 0 Å². The first kappa shape index (κ1) is 21.6. The third-order valence-corrected chi connectivity index (χ3v) is 5.28. The Bertz CT molecular complexity index is 1250. The summed E-state index contributed by atoms with van der Waals surface area (Å²) in [6.07, 6.45) is -1.17. The van der Waals surface area contributed by atoms with Crippen molar-refractivity contribution in [1.82, 2.24) is 4.98 Å². The monoisotopic (exact) mass is 455 g/mol. The fourth-order valence-corrected chi connectivity index (χ4v) is 3.53. The number of para-hydroxylation sites is 1. The van der Waals surface area contributed by atoms with Gasteiger partial charge in [0.2, 0.25) is 0 Å². The average molecular weight is 456 g/mol. The number of nitrogens with zero attached hydrogens (tertiary/aromatic N) is 1. The topological polar surface area (TPSA) is 54.0 Å². The van der Waals surface area contributed by atoms with E-state index in [1.807, 2.05) is 6.07 Å². The normalized spacial score (nSPS) is 12.4. The number of halogens is 4. The number of amides is 1. The molecule has 8 heteroatoms. The molecule has 2 N–H and O–H groups in total. The van der Waals surface area contributed by atoms with Crippen molar-refractivity contribution in [2.45, 2.75) is 12.2 Å². The number of pyridine rings is 1. The zero-order valence-corrected chi connectivity index (χ0v) is 17.3. The highest BCUT2D eigenvalue weighted by atomic mass is 35.5. The maximum atomic E-state index is 13.3. The lowest BCUT2D eigenvalue weighted by molar-refractivity contribution is -0.137. The van der Waals surface area contributed by atoms with E-state index in [0.29, 0.717) is 22.0 Å². The number of benzene rings is 3. The van der Waals surface area contributed by atoms with Crippen molar-refractivity contribution in [3.8, 4) is 0 Å². The summed E-state index contributed by atoms with van der Waals surface area (Å²) >= 11 is 6.23. The summed E-state index contributed by atoms with van der Waals surface area (Å²) in [5.74, 6) is -0.450. The first-order valence-corrected chi connectivity index (χ1v) is 10.0. The summed E-state index contributed by atoms with van der Waals surface area (Å²) in [6, 6.07) is 17.5. The number of carbonyl (C=O) groups excluding carboxylic acids is 1. The van der Waals surface area contributed by atoms with Gasteiger partial charge in [0.1, 0.15) is 6.04 Å². The molecule has 4 aromatic rings. The lowest BCUT2D eigenvalue weighted by Gasteiger charge is -2.21. The molecule has 0 saturated carbocycles. The maximum Gasteiger partial charge on any atom is 0.416 e. The minimum absolute atomic E-state index is 0.359. The molecule has 3 aromatic carbocycles. The van der Waals surface area contributed by atoms with Gasteiger partial charge in [0.25, 0.3) is 5.91 Å². The van der Waals surface area contributed by atoms with Crippen LogP contribution in [0.5, 0.6) is 0 Å². The number of alkyl halides is 3. The van der Waals surface area contributed by atoms with Crippen LogP contribution in [0.25, 0.3) is 10.8 Å². The van der Waals surface area contributed by atoms with E-state index in [2.05, 4.69) is 15.6 Å². The SMILES string of the molecule is O=C(Nc1cccc2cnccc12)C(Nc1ccccc1Cl)c1ccc(C(F)(F)F)cc1. The predicted octanol–water partition coefficient (Wildman–Crippen LogP) is 6.70. The largest absolute Gasteiger partial charge is 0.416 e. The van der Waals surface area contributed by atoms with Crippen LogP contribution >= 0.6 is 11.6 Å². The van der Waals surface area contributed by atoms with Crippen molar-refractivity contribution >= 4 is 39.7 Å². The predicted molar refractivity (Wildman–Crippen MR) is 120 cm³/mol. The van der Waals surface area contributed by atoms with Crippen molar-refractivity contribution in [3.63, 3.8) is 0 Å². The molecule has 1 atom stereocenters. The molecule has 162 valence electrons. The van der Waals surface area contributed by atoms with Crippen molar-refractivity contribution in [1.29, 1.82) is 0 Å². The Morgan fingerprint density at radius 2 is 1.62 bits per heavy atom. The molecule has 4 nitrogen and oxygen atoms in total. The highest BCUT2D eigenvalue weighted by Gasteiger charge is 2.31. The van der Waals surface area contributed by atoms with E-state index in [0.717, 1.165) is 22.9 Å². The molecule has 0 spiro atoms. The van der Waals surface area contributed by atoms with Crippen molar-refractivity contribution < 1.29 is 18.0 Å². The van der Waals surface area contributed by atoms with Gasteiger partial charge in [-0.15, -0.1) is 0 Å². The summed E-state index contributed by atoms with van der Waals surface area (Å²) in [6.45, 7) is 0. The van der Waals surface area contributed by atoms with E-state index in [1.54, 1.807) is 54.9 Å². The molecule has 0 radical (unpaired) electrons. The zero-order valence-electron chi connectivity index (χ0n) is 16.5. The number of hydrogen-bond donors (Lipinski definition) is 2. The van der Waals surface area contributed by atoms with Crippen LogP contribution in [0.4, 0.5) is 24.5 Å². The second kappa shape index (κ2) is 8.88. The molecule has 0 aliphatic heterocycles. The minimum Gasteiger partial charge on any atom is -0.369 e. The van der Waals surface area contributed by atoms with Crippen molar-refractivity contribution in [2.24, 2.45) is 0 Å². The van der Waals surface area contributed by atoms with E-state index in [-0.39, 0.29) is 0 Å². The van der Waals surface area contributed by atoms with Gasteiger partial charge in [0.05, 0.1) is 16.3 Å². The molecule has 1 unspecified atom stereocenters. The third kappa shape index (κ3) is 4.68. The Morgan fingerprint density at radius 3 is 2.34 bits per heavy atom. The molecule has 4 rings (SSSR count). The molecule has 0 saturated heterocycles. The molecular formula is C24H17ClF3N3O. The molecule has 1 amide bonds. The molecule has 0 aliphatic carbocycles. The number of anilines is 2. The van der Waals surface area contributed by atoms with E-state index in [4.69, 9.17) is 11.6 Å². The van der Waals surface area contributed by atoms with E-state index in [1.165, 1.54) is 12.1 Å². The lowest BCUT2D eigenvalue weighted by atomic mass is 10.0. The Kier molecular flexibility index (Phi) is 6.01. The third-order valence-electron chi connectivity index (χ3n) is 4.95. The summed E-state index contributed by atoms with van der Waals surface area (Å²) in [5, 5.41) is 7.94. The summed E-state index contributed by atoms with van der Waals surface area (Å²) < 4.78 is 39.0. The van der Waals surface area contributed by atoms with E-state index >= 15 is 0 Å². The lowest BCUT2D eigenvalue weighted by Crippen LogP contribution is -2.27. The van der Waals surface area contributed by atoms with Gasteiger partial charge in [0, 0.05) is 28.9 Å². The van der Waals surface area contributed by atoms with Crippen LogP contribution in [0.15, 0.2) is 85.2 Å². The first-order valence-electron chi connectivity index (χ1n) is 9.65. The molecule has 1 aromatic heterocycles. The van der Waals surface area contributed by atoms with Gasteiger partial charge in [-0.1, -0.05) is 48.0 Å². The second-order valence-corrected chi connectivity index (χ2v) is 7.48. The number of aromatic nitrogens is 1. The number of rotatable bonds is 5. The first-order chi connectivity index (χ1) is 15.3. The van der Waals surface area contributed by atoms with Crippen molar-refractivity contribution in [3.05, 3.63) is 101 Å². The van der Waals surface area contributed by atoms with E-state index in [9.17, 15) is 18.0 Å². The van der Waals surface area contributed by atoms with Gasteiger partial charge in [-0.2, -0.15) is 13.2 Å². The Balaban J connectivity index is 1.69. The highest BCUT2D eigenvalue weighted by Crippen LogP contribution is 2.32. The molecular weight excluding hydrogens is 439 g/mol. The molecule has 0 fully saturated rings. The van der Waals surface area contributed by atoms with Crippen LogP contribution in [-0.2, 0) is 11.0 Å². The number of nitrogens with one attached hydrogen (secondary N) is 2. The molecule has 1 heterocycles. The fourth-order valence-electron chi connectivity index (χ4n) is 3.34.